The predicted octanol–water partition coefficient (Wildman–Crippen LogP) is 4.93. The van der Waals surface area contributed by atoms with E-state index in [2.05, 4.69) is 29.6 Å². The number of halogens is 1. The summed E-state index contributed by atoms with van der Waals surface area (Å²) in [6, 6.07) is 17.6. The third-order valence-corrected chi connectivity index (χ3v) is 6.74. The first-order valence-corrected chi connectivity index (χ1v) is 12.9. The van der Waals surface area contributed by atoms with Crippen LogP contribution in [0.15, 0.2) is 78.6 Å². The summed E-state index contributed by atoms with van der Waals surface area (Å²) < 4.78 is 5.51. The average molecular weight is 519 g/mol. The fraction of sp³-hybridized carbons (Fsp3) is 0.310. The summed E-state index contributed by atoms with van der Waals surface area (Å²) in [6.45, 7) is 7.26. The van der Waals surface area contributed by atoms with Gasteiger partial charge in [-0.2, -0.15) is 0 Å². The molecular formula is C29H31ClN4O3. The lowest BCUT2D eigenvalue weighted by Crippen LogP contribution is -2.52. The van der Waals surface area contributed by atoms with Gasteiger partial charge in [0.1, 0.15) is 17.5 Å². The van der Waals surface area contributed by atoms with Crippen molar-refractivity contribution in [2.45, 2.75) is 32.5 Å². The van der Waals surface area contributed by atoms with E-state index in [0.717, 1.165) is 22.4 Å². The first-order valence-electron chi connectivity index (χ1n) is 12.5. The number of nitrogens with zero attached hydrogens (tertiary/aromatic N) is 3. The molecular weight excluding hydrogens is 488 g/mol. The molecule has 2 aromatic carbocycles. The maximum absolute atomic E-state index is 14.0. The minimum Gasteiger partial charge on any atom is -0.444 e. The highest BCUT2D eigenvalue weighted by Crippen LogP contribution is 2.35. The molecule has 0 spiro atoms. The fourth-order valence-electron chi connectivity index (χ4n) is 4.65. The van der Waals surface area contributed by atoms with E-state index in [9.17, 15) is 9.59 Å². The van der Waals surface area contributed by atoms with E-state index in [1.807, 2.05) is 79.2 Å². The smallest absolute Gasteiger partial charge is 0.410 e. The number of piperazine rings is 1. The van der Waals surface area contributed by atoms with Crippen molar-refractivity contribution in [3.63, 3.8) is 0 Å². The van der Waals surface area contributed by atoms with Crippen molar-refractivity contribution in [3.8, 4) is 0 Å². The number of benzene rings is 2. The first-order chi connectivity index (χ1) is 17.7. The summed E-state index contributed by atoms with van der Waals surface area (Å²) in [4.78, 5) is 32.0. The molecule has 192 valence electrons. The molecule has 1 N–H and O–H groups in total. The van der Waals surface area contributed by atoms with Gasteiger partial charge in [0.2, 0.25) is 0 Å². The molecule has 0 saturated carbocycles. The van der Waals surface area contributed by atoms with Crippen molar-refractivity contribution >= 4 is 34.9 Å². The number of hydrogen-bond donors (Lipinski definition) is 1. The zero-order valence-corrected chi connectivity index (χ0v) is 22.0. The maximum atomic E-state index is 14.0. The van der Waals surface area contributed by atoms with Gasteiger partial charge in [0.25, 0.3) is 5.91 Å². The minimum absolute atomic E-state index is 0.0808. The van der Waals surface area contributed by atoms with Gasteiger partial charge in [-0.3, -0.25) is 4.79 Å². The molecule has 5 rings (SSSR count). The Morgan fingerprint density at radius 1 is 0.919 bits per heavy atom. The van der Waals surface area contributed by atoms with E-state index in [4.69, 9.17) is 16.3 Å². The van der Waals surface area contributed by atoms with E-state index in [0.29, 0.717) is 36.9 Å². The largest absolute Gasteiger partial charge is 0.444 e. The molecule has 8 heteroatoms. The Bertz CT molecular complexity index is 1270. The number of carbonyl (C=O) groups is 2. The first kappa shape index (κ1) is 25.0. The predicted molar refractivity (Wildman–Crippen MR) is 145 cm³/mol. The normalized spacial score (nSPS) is 19.4. The lowest BCUT2D eigenvalue weighted by atomic mass is 10.0. The number of fused-ring (bicyclic) bond motifs is 1. The number of hydrogen-bond acceptors (Lipinski definition) is 5. The van der Waals surface area contributed by atoms with Gasteiger partial charge in [0.15, 0.2) is 0 Å². The molecule has 7 nitrogen and oxygen atoms in total. The maximum Gasteiger partial charge on any atom is 0.410 e. The van der Waals surface area contributed by atoms with Gasteiger partial charge in [-0.1, -0.05) is 60.1 Å². The molecule has 37 heavy (non-hydrogen) atoms. The molecule has 3 heterocycles. The highest BCUT2D eigenvalue weighted by atomic mass is 35.5. The second-order valence-electron chi connectivity index (χ2n) is 10.3. The van der Waals surface area contributed by atoms with Crippen molar-refractivity contribution in [2.75, 3.05) is 26.2 Å². The zero-order valence-electron chi connectivity index (χ0n) is 21.3. The van der Waals surface area contributed by atoms with Crippen molar-refractivity contribution in [1.29, 1.82) is 0 Å². The van der Waals surface area contributed by atoms with Crippen LogP contribution in [0.5, 0.6) is 0 Å². The molecule has 1 fully saturated rings. The molecule has 3 aliphatic rings. The quantitative estimate of drug-likeness (QED) is 0.624. The number of allylic oxidation sites excluding steroid dienone is 2. The van der Waals surface area contributed by atoms with E-state index in [1.54, 1.807) is 4.90 Å². The molecule has 0 bridgehead atoms. The molecule has 1 unspecified atom stereocenters. The van der Waals surface area contributed by atoms with Crippen LogP contribution in [0.25, 0.3) is 11.3 Å². The SMILES string of the molecule is CC(C)(C)OC(=O)N1CCN(C(=O)C2=C(c3ccc(Cl)cc3)NC3C=CC(c4ccccc4)=CN23)CC1. The lowest BCUT2D eigenvalue weighted by molar-refractivity contribution is -0.130. The van der Waals surface area contributed by atoms with Crippen molar-refractivity contribution in [3.05, 3.63) is 94.8 Å². The van der Waals surface area contributed by atoms with Crippen LogP contribution >= 0.6 is 11.6 Å². The van der Waals surface area contributed by atoms with Gasteiger partial charge < -0.3 is 24.8 Å². The van der Waals surface area contributed by atoms with Crippen LogP contribution in [-0.2, 0) is 9.53 Å². The number of rotatable bonds is 3. The van der Waals surface area contributed by atoms with Crippen LogP contribution in [0.3, 0.4) is 0 Å². The van der Waals surface area contributed by atoms with E-state index < -0.39 is 5.60 Å². The number of carbonyl (C=O) groups excluding carboxylic acids is 2. The number of amides is 2. The Hall–Kier alpha value is -3.71. The summed E-state index contributed by atoms with van der Waals surface area (Å²) in [5, 5.41) is 4.16. The fourth-order valence-corrected chi connectivity index (χ4v) is 4.78. The summed E-state index contributed by atoms with van der Waals surface area (Å²) in [5.41, 5.74) is 3.77. The van der Waals surface area contributed by atoms with Gasteiger partial charge >= 0.3 is 6.09 Å². The average Bonchev–Trinajstić information content (AvgIpc) is 3.27. The minimum atomic E-state index is -0.558. The van der Waals surface area contributed by atoms with Crippen LogP contribution < -0.4 is 5.32 Å². The molecule has 1 atom stereocenters. The Kier molecular flexibility index (Phi) is 6.73. The Morgan fingerprint density at radius 3 is 2.22 bits per heavy atom. The molecule has 2 aromatic rings. The molecule has 2 amide bonds. The highest BCUT2D eigenvalue weighted by Gasteiger charge is 2.38. The van der Waals surface area contributed by atoms with Gasteiger partial charge in [-0.15, -0.1) is 0 Å². The Morgan fingerprint density at radius 2 is 1.57 bits per heavy atom. The standard InChI is InChI=1S/C29H31ClN4O3/c1-29(2,3)37-28(36)33-17-15-32(16-18-33)27(35)26-25(21-9-12-23(30)13-10-21)31-24-14-11-22(19-34(24)26)20-7-5-4-6-8-20/h4-14,19,24,31H,15-18H2,1-3H3. The topological polar surface area (TPSA) is 65.1 Å². The molecule has 3 aliphatic heterocycles. The van der Waals surface area contributed by atoms with Gasteiger partial charge in [0, 0.05) is 43.0 Å². The monoisotopic (exact) mass is 518 g/mol. The van der Waals surface area contributed by atoms with Crippen LogP contribution in [0.2, 0.25) is 5.02 Å². The third kappa shape index (κ3) is 5.37. The van der Waals surface area contributed by atoms with Gasteiger partial charge in [-0.25, -0.2) is 4.79 Å². The summed E-state index contributed by atoms with van der Waals surface area (Å²) in [5.74, 6) is -0.0808. The zero-order chi connectivity index (χ0) is 26.2. The summed E-state index contributed by atoms with van der Waals surface area (Å²) in [6.07, 6.45) is 5.65. The van der Waals surface area contributed by atoms with Crippen LogP contribution in [0, 0.1) is 0 Å². The third-order valence-electron chi connectivity index (χ3n) is 6.48. The molecule has 0 aliphatic carbocycles. The van der Waals surface area contributed by atoms with Crippen LogP contribution in [0.1, 0.15) is 31.9 Å². The molecule has 0 radical (unpaired) electrons. The van der Waals surface area contributed by atoms with Crippen LogP contribution in [-0.4, -0.2) is 64.6 Å². The van der Waals surface area contributed by atoms with E-state index in [-0.39, 0.29) is 18.2 Å². The summed E-state index contributed by atoms with van der Waals surface area (Å²) >= 11 is 6.14. The molecule has 1 saturated heterocycles. The highest BCUT2D eigenvalue weighted by molar-refractivity contribution is 6.30. The van der Waals surface area contributed by atoms with Crippen molar-refractivity contribution < 1.29 is 14.3 Å². The number of nitrogens with one attached hydrogen (secondary N) is 1. The van der Waals surface area contributed by atoms with Gasteiger partial charge in [-0.05, 0) is 50.1 Å². The van der Waals surface area contributed by atoms with Crippen molar-refractivity contribution in [1.82, 2.24) is 20.0 Å². The Balaban J connectivity index is 1.43. The lowest BCUT2D eigenvalue weighted by Gasteiger charge is -2.37. The summed E-state index contributed by atoms with van der Waals surface area (Å²) in [7, 11) is 0. The van der Waals surface area contributed by atoms with Crippen molar-refractivity contribution in [2.24, 2.45) is 0 Å². The molecule has 0 aromatic heterocycles. The Labute approximate surface area is 222 Å². The van der Waals surface area contributed by atoms with E-state index >= 15 is 0 Å². The second-order valence-corrected chi connectivity index (χ2v) is 10.7. The van der Waals surface area contributed by atoms with Gasteiger partial charge in [0.05, 0.1) is 5.70 Å². The number of ether oxygens (including phenoxy) is 1. The van der Waals surface area contributed by atoms with E-state index in [1.165, 1.54) is 0 Å². The van der Waals surface area contributed by atoms with Crippen LogP contribution in [0.4, 0.5) is 4.79 Å². The second kappa shape index (κ2) is 9.98.